The van der Waals surface area contributed by atoms with E-state index in [9.17, 15) is 0 Å². The Labute approximate surface area is 153 Å². The van der Waals surface area contributed by atoms with Crippen molar-refractivity contribution >= 4 is 22.4 Å². The molecular formula is C20H23N5O. The lowest BCUT2D eigenvalue weighted by Gasteiger charge is -2.31. The van der Waals surface area contributed by atoms with Crippen molar-refractivity contribution in [2.45, 2.75) is 0 Å². The molecule has 6 heteroatoms. The van der Waals surface area contributed by atoms with Crippen LogP contribution in [0.25, 0.3) is 22.0 Å². The van der Waals surface area contributed by atoms with Gasteiger partial charge in [-0.3, -0.25) is 0 Å². The molecule has 0 amide bonds. The van der Waals surface area contributed by atoms with Crippen LogP contribution in [0.4, 0.5) is 11.6 Å². The molecule has 0 atom stereocenters. The first-order valence-electron chi connectivity index (χ1n) is 8.87. The molecule has 1 fully saturated rings. The van der Waals surface area contributed by atoms with Gasteiger partial charge in [0.25, 0.3) is 0 Å². The quantitative estimate of drug-likeness (QED) is 0.755. The van der Waals surface area contributed by atoms with Crippen molar-refractivity contribution in [3.63, 3.8) is 0 Å². The highest BCUT2D eigenvalue weighted by Gasteiger charge is 2.16. The third-order valence-electron chi connectivity index (χ3n) is 4.77. The van der Waals surface area contributed by atoms with Crippen molar-refractivity contribution in [1.82, 2.24) is 15.3 Å². The van der Waals surface area contributed by atoms with Crippen molar-refractivity contribution < 1.29 is 4.74 Å². The molecule has 1 aromatic heterocycles. The summed E-state index contributed by atoms with van der Waals surface area (Å²) >= 11 is 0. The first-order chi connectivity index (χ1) is 12.8. The van der Waals surface area contributed by atoms with E-state index >= 15 is 0 Å². The molecule has 3 aromatic rings. The van der Waals surface area contributed by atoms with Gasteiger partial charge >= 0.3 is 0 Å². The molecule has 2 N–H and O–H groups in total. The smallest absolute Gasteiger partial charge is 0.222 e. The fourth-order valence-corrected chi connectivity index (χ4v) is 3.40. The van der Waals surface area contributed by atoms with Crippen LogP contribution in [-0.2, 0) is 0 Å². The van der Waals surface area contributed by atoms with E-state index in [2.05, 4.69) is 49.8 Å². The van der Waals surface area contributed by atoms with E-state index in [-0.39, 0.29) is 0 Å². The summed E-state index contributed by atoms with van der Waals surface area (Å²) in [5, 5.41) is 8.82. The van der Waals surface area contributed by atoms with Crippen LogP contribution in [0.15, 0.2) is 42.6 Å². The second-order valence-electron chi connectivity index (χ2n) is 6.33. The monoisotopic (exact) mass is 349 g/mol. The average molecular weight is 349 g/mol. The van der Waals surface area contributed by atoms with Gasteiger partial charge in [0.1, 0.15) is 5.75 Å². The summed E-state index contributed by atoms with van der Waals surface area (Å²) in [6.07, 6.45) is 1.79. The first-order valence-corrected chi connectivity index (χ1v) is 8.87. The topological polar surface area (TPSA) is 62.3 Å². The summed E-state index contributed by atoms with van der Waals surface area (Å²) in [5.74, 6) is 1.50. The molecule has 0 saturated carbocycles. The number of aromatic nitrogens is 2. The van der Waals surface area contributed by atoms with Crippen LogP contribution in [-0.4, -0.2) is 50.3 Å². The number of nitrogens with one attached hydrogen (secondary N) is 2. The molecule has 134 valence electrons. The van der Waals surface area contributed by atoms with E-state index in [1.54, 1.807) is 13.3 Å². The van der Waals surface area contributed by atoms with Crippen LogP contribution in [0.2, 0.25) is 0 Å². The van der Waals surface area contributed by atoms with Gasteiger partial charge in [0.15, 0.2) is 0 Å². The number of anilines is 2. The minimum Gasteiger partial charge on any atom is -0.497 e. The Hall–Kier alpha value is -2.86. The third-order valence-corrected chi connectivity index (χ3v) is 4.77. The highest BCUT2D eigenvalue weighted by molar-refractivity contribution is 5.98. The zero-order valence-corrected chi connectivity index (χ0v) is 15.1. The summed E-state index contributed by atoms with van der Waals surface area (Å²) in [5.41, 5.74) is 3.23. The van der Waals surface area contributed by atoms with Gasteiger partial charge in [-0.2, -0.15) is 0 Å². The Morgan fingerprint density at radius 2 is 1.96 bits per heavy atom. The molecule has 1 aliphatic rings. The van der Waals surface area contributed by atoms with Crippen LogP contribution < -0.4 is 20.3 Å². The molecule has 2 heterocycles. The lowest BCUT2D eigenvalue weighted by molar-refractivity contribution is 0.415. The SMILES string of the molecule is CNc1nccc(-c2cc(N3CCNCC3)c3cc(OC)ccc3c2)n1. The maximum atomic E-state index is 5.45. The number of methoxy groups -OCH3 is 1. The van der Waals surface area contributed by atoms with E-state index in [0.717, 1.165) is 43.2 Å². The molecule has 0 spiro atoms. The predicted octanol–water partition coefficient (Wildman–Crippen LogP) is 2.76. The Morgan fingerprint density at radius 3 is 2.73 bits per heavy atom. The van der Waals surface area contributed by atoms with Crippen molar-refractivity contribution in [1.29, 1.82) is 0 Å². The summed E-state index contributed by atoms with van der Waals surface area (Å²) in [6, 6.07) is 12.6. The number of rotatable bonds is 4. The van der Waals surface area contributed by atoms with E-state index in [0.29, 0.717) is 5.95 Å². The molecule has 4 rings (SSSR count). The Morgan fingerprint density at radius 1 is 1.12 bits per heavy atom. The van der Waals surface area contributed by atoms with Crippen LogP contribution >= 0.6 is 0 Å². The summed E-state index contributed by atoms with van der Waals surface area (Å²) in [4.78, 5) is 11.3. The molecular weight excluding hydrogens is 326 g/mol. The van der Waals surface area contributed by atoms with Crippen molar-refractivity contribution in [2.75, 3.05) is 50.6 Å². The maximum Gasteiger partial charge on any atom is 0.222 e. The number of fused-ring (bicyclic) bond motifs is 1. The lowest BCUT2D eigenvalue weighted by Crippen LogP contribution is -2.43. The number of benzene rings is 2. The molecule has 0 aliphatic carbocycles. The molecule has 0 radical (unpaired) electrons. The highest BCUT2D eigenvalue weighted by atomic mass is 16.5. The minimum atomic E-state index is 0.626. The summed E-state index contributed by atoms with van der Waals surface area (Å²) in [7, 11) is 3.54. The second kappa shape index (κ2) is 7.17. The number of ether oxygens (including phenoxy) is 1. The number of piperazine rings is 1. The van der Waals surface area contributed by atoms with E-state index in [1.807, 2.05) is 19.2 Å². The minimum absolute atomic E-state index is 0.626. The van der Waals surface area contributed by atoms with Gasteiger partial charge in [-0.05, 0) is 35.7 Å². The van der Waals surface area contributed by atoms with E-state index in [4.69, 9.17) is 4.74 Å². The Bertz CT molecular complexity index is 921. The van der Waals surface area contributed by atoms with E-state index in [1.165, 1.54) is 16.5 Å². The molecule has 1 aliphatic heterocycles. The summed E-state index contributed by atoms with van der Waals surface area (Å²) < 4.78 is 5.45. The Balaban J connectivity index is 1.89. The number of hydrogen-bond acceptors (Lipinski definition) is 6. The van der Waals surface area contributed by atoms with Gasteiger partial charge < -0.3 is 20.3 Å². The van der Waals surface area contributed by atoms with Crippen LogP contribution in [0.3, 0.4) is 0 Å². The third kappa shape index (κ3) is 3.15. The molecule has 6 nitrogen and oxygen atoms in total. The van der Waals surface area contributed by atoms with Gasteiger partial charge in [-0.25, -0.2) is 9.97 Å². The summed E-state index contributed by atoms with van der Waals surface area (Å²) in [6.45, 7) is 3.96. The fraction of sp³-hybridized carbons (Fsp3) is 0.300. The van der Waals surface area contributed by atoms with Gasteiger partial charge in [-0.15, -0.1) is 0 Å². The van der Waals surface area contributed by atoms with Crippen molar-refractivity contribution in [3.05, 3.63) is 42.6 Å². The molecule has 2 aromatic carbocycles. The Kier molecular flexibility index (Phi) is 4.58. The zero-order valence-electron chi connectivity index (χ0n) is 15.1. The standard InChI is InChI=1S/C20H23N5O/c1-21-20-23-6-5-18(24-20)15-11-14-3-4-16(26-2)13-17(14)19(12-15)25-9-7-22-8-10-25/h3-6,11-13,22H,7-10H2,1-2H3,(H,21,23,24). The normalized spacial score (nSPS) is 14.5. The van der Waals surface area contributed by atoms with Gasteiger partial charge in [0.05, 0.1) is 12.8 Å². The van der Waals surface area contributed by atoms with Gasteiger partial charge in [-0.1, -0.05) is 6.07 Å². The van der Waals surface area contributed by atoms with Crippen molar-refractivity contribution in [2.24, 2.45) is 0 Å². The first kappa shape index (κ1) is 16.6. The second-order valence-corrected chi connectivity index (χ2v) is 6.33. The molecule has 1 saturated heterocycles. The van der Waals surface area contributed by atoms with Crippen molar-refractivity contribution in [3.8, 4) is 17.0 Å². The van der Waals surface area contributed by atoms with Crippen LogP contribution in [0, 0.1) is 0 Å². The molecule has 0 bridgehead atoms. The lowest BCUT2D eigenvalue weighted by atomic mass is 10.0. The fourth-order valence-electron chi connectivity index (χ4n) is 3.40. The number of hydrogen-bond donors (Lipinski definition) is 2. The molecule has 0 unspecified atom stereocenters. The maximum absolute atomic E-state index is 5.45. The predicted molar refractivity (Wildman–Crippen MR) is 106 cm³/mol. The average Bonchev–Trinajstić information content (AvgIpc) is 2.73. The largest absolute Gasteiger partial charge is 0.497 e. The van der Waals surface area contributed by atoms with Crippen LogP contribution in [0.1, 0.15) is 0 Å². The van der Waals surface area contributed by atoms with Crippen LogP contribution in [0.5, 0.6) is 5.75 Å². The van der Waals surface area contributed by atoms with Gasteiger partial charge in [0.2, 0.25) is 5.95 Å². The van der Waals surface area contributed by atoms with E-state index < -0.39 is 0 Å². The zero-order chi connectivity index (χ0) is 17.9. The molecule has 26 heavy (non-hydrogen) atoms. The highest BCUT2D eigenvalue weighted by Crippen LogP contribution is 2.35. The number of nitrogens with zero attached hydrogens (tertiary/aromatic N) is 3. The van der Waals surface area contributed by atoms with Gasteiger partial charge in [0, 0.05) is 56.1 Å².